The number of nitrogens with zero attached hydrogens (tertiary/aromatic N) is 6. The van der Waals surface area contributed by atoms with Crippen LogP contribution >= 0.6 is 0 Å². The molecule has 2 fully saturated rings. The van der Waals surface area contributed by atoms with Crippen molar-refractivity contribution < 1.29 is 52.5 Å². The van der Waals surface area contributed by atoms with Crippen molar-refractivity contribution in [3.63, 3.8) is 0 Å². The third kappa shape index (κ3) is 16.3. The second kappa shape index (κ2) is 29.0. The van der Waals surface area contributed by atoms with Crippen LogP contribution in [-0.2, 0) is 42.2 Å². The maximum absolute atomic E-state index is 11.5. The molecule has 2 saturated carbocycles. The molecule has 4 aromatic carbocycles. The number of nitro groups is 2. The Morgan fingerprint density at radius 2 is 1.01 bits per heavy atom. The fourth-order valence-electron chi connectivity index (χ4n) is 9.51. The van der Waals surface area contributed by atoms with E-state index in [9.17, 15) is 40.3 Å². The van der Waals surface area contributed by atoms with Gasteiger partial charge in [-0.1, -0.05) is 72.8 Å². The second-order valence-corrected chi connectivity index (χ2v) is 19.0. The molecule has 2 aliphatic rings. The molecule has 0 amide bonds. The van der Waals surface area contributed by atoms with Gasteiger partial charge in [0.1, 0.15) is 18.7 Å². The summed E-state index contributed by atoms with van der Waals surface area (Å²) in [5, 5.41) is 63.9. The molecular formula is C54H64MnN10O10. The Kier molecular flexibility index (Phi) is 22.0. The van der Waals surface area contributed by atoms with Crippen LogP contribution in [-0.4, -0.2) is 77.7 Å². The van der Waals surface area contributed by atoms with Crippen molar-refractivity contribution >= 4 is 41.2 Å². The molecule has 0 aliphatic heterocycles. The van der Waals surface area contributed by atoms with Gasteiger partial charge in [0.15, 0.2) is 0 Å². The van der Waals surface area contributed by atoms with Crippen molar-refractivity contribution in [3.8, 4) is 22.3 Å². The summed E-state index contributed by atoms with van der Waals surface area (Å²) in [6.07, 6.45) is 11.1. The monoisotopic (exact) mass is 1070 g/mol. The van der Waals surface area contributed by atoms with Gasteiger partial charge in [-0.25, -0.2) is 9.97 Å². The Hall–Kier alpha value is -7.29. The number of hydrogen-bond acceptors (Lipinski definition) is 18. The van der Waals surface area contributed by atoms with E-state index in [4.69, 9.17) is 7.67 Å². The van der Waals surface area contributed by atoms with Crippen molar-refractivity contribution in [1.29, 1.82) is 0 Å². The number of benzene rings is 4. The van der Waals surface area contributed by atoms with E-state index in [0.29, 0.717) is 67.3 Å². The minimum atomic E-state index is -1.44. The van der Waals surface area contributed by atoms with E-state index in [-0.39, 0.29) is 42.8 Å². The first kappa shape index (κ1) is 57.0. The fraction of sp³-hybridized carbons (Fsp3) is 0.389. The number of aliphatic hydroxyl groups excluding tert-OH is 3. The summed E-state index contributed by atoms with van der Waals surface area (Å²) in [6.45, 7) is 6.61. The molecule has 397 valence electrons. The van der Waals surface area contributed by atoms with Crippen LogP contribution in [0.25, 0.3) is 22.3 Å². The van der Waals surface area contributed by atoms with Crippen molar-refractivity contribution in [3.05, 3.63) is 151 Å². The number of rotatable bonds is 20. The zero-order chi connectivity index (χ0) is 53.7. The standard InChI is InChI=1S/C27H33N5O4.C27H31N5O4.Mn.2O/c2*1-18-23(6-3-7-24(18)22-5-2-4-21(12-22)17-34)14-29-27-30-15-25(32(35)36)26(31-27)28-13-19-8-10-20(16-33)11-9-19;;;/h2-7,12,15,19-20,33-34H,8-11,13-14,16-17H2,1H3,(H2,28,29,30,31);2-7,12,15,17,19-20,33H,8-11,13-14,16H2,1H3,(H2,28,29,30,31);;;. The van der Waals surface area contributed by atoms with Crippen molar-refractivity contribution in [2.75, 3.05) is 47.6 Å². The van der Waals surface area contributed by atoms with Crippen molar-refractivity contribution in [2.24, 2.45) is 23.7 Å². The Morgan fingerprint density at radius 1 is 0.600 bits per heavy atom. The van der Waals surface area contributed by atoms with Crippen molar-refractivity contribution in [2.45, 2.75) is 84.9 Å². The van der Waals surface area contributed by atoms with Crippen LogP contribution in [0.4, 0.5) is 34.9 Å². The number of aldehydes is 1. The molecular weight excluding hydrogens is 1000 g/mol. The van der Waals surface area contributed by atoms with E-state index in [1.54, 1.807) is 6.07 Å². The van der Waals surface area contributed by atoms with E-state index in [1.165, 1.54) is 12.4 Å². The molecule has 6 aromatic rings. The summed E-state index contributed by atoms with van der Waals surface area (Å²) >= 11 is -1.44. The molecule has 0 radical (unpaired) electrons. The van der Waals surface area contributed by atoms with Gasteiger partial charge < -0.3 is 36.6 Å². The summed E-state index contributed by atoms with van der Waals surface area (Å²) in [7, 11) is 0. The molecule has 2 heterocycles. The molecule has 0 bridgehead atoms. The molecule has 2 aromatic heterocycles. The Morgan fingerprint density at radius 3 is 1.43 bits per heavy atom. The first-order valence-corrected chi connectivity index (χ1v) is 25.9. The Bertz CT molecular complexity index is 2910. The molecule has 75 heavy (non-hydrogen) atoms. The van der Waals surface area contributed by atoms with Crippen LogP contribution < -0.4 is 21.3 Å². The van der Waals surface area contributed by atoms with Crippen LogP contribution in [0.15, 0.2) is 97.3 Å². The molecule has 0 atom stereocenters. The zero-order valence-electron chi connectivity index (χ0n) is 42.0. The fourth-order valence-corrected chi connectivity index (χ4v) is 9.51. The first-order valence-electron chi connectivity index (χ1n) is 24.9. The van der Waals surface area contributed by atoms with Crippen LogP contribution in [0, 0.1) is 57.7 Å². The molecule has 0 saturated heterocycles. The van der Waals surface area contributed by atoms with Crippen molar-refractivity contribution in [1.82, 2.24) is 19.9 Å². The summed E-state index contributed by atoms with van der Waals surface area (Å²) in [5.74, 6) is 2.56. The van der Waals surface area contributed by atoms with Gasteiger partial charge in [0.2, 0.25) is 23.5 Å². The number of aromatic nitrogens is 4. The number of carbonyl (C=O) groups excluding carboxylic acids is 1. The number of aliphatic hydroxyl groups is 3. The zero-order valence-corrected chi connectivity index (χ0v) is 43.2. The summed E-state index contributed by atoms with van der Waals surface area (Å²) < 4.78 is 16.8. The normalized spacial score (nSPS) is 16.9. The third-order valence-electron chi connectivity index (χ3n) is 14.0. The first-order chi connectivity index (χ1) is 36.4. The molecule has 0 unspecified atom stereocenters. The van der Waals surface area contributed by atoms with Gasteiger partial charge in [-0.3, -0.25) is 25.0 Å². The van der Waals surface area contributed by atoms with E-state index in [0.717, 1.165) is 108 Å². The summed E-state index contributed by atoms with van der Waals surface area (Å²) in [6, 6.07) is 27.3. The molecule has 8 rings (SSSR count). The summed E-state index contributed by atoms with van der Waals surface area (Å²) in [5.41, 5.74) is 9.52. The topological polar surface area (TPSA) is 298 Å². The number of carbonyl (C=O) groups is 1. The van der Waals surface area contributed by atoms with Gasteiger partial charge in [-0.2, -0.15) is 9.97 Å². The second-order valence-electron chi connectivity index (χ2n) is 18.8. The Labute approximate surface area is 441 Å². The summed E-state index contributed by atoms with van der Waals surface area (Å²) in [4.78, 5) is 50.4. The SMILES string of the molecule is Cc1c(CNc2ncc([N+](=O)[O-])c(NCC3CCC(CO)CC3)n2)cccc1-c1cccc(C=O)c1.Cc1c(CNc2ncc([N+](=O)[O-])c(NCC3CCC(CO)CC3)n2)cccc1-c1cccc(CO)c1.[O]=[Mn]=[O]. The number of anilines is 4. The van der Waals surface area contributed by atoms with E-state index in [1.807, 2.05) is 92.7 Å². The molecule has 20 nitrogen and oxygen atoms in total. The molecule has 2 aliphatic carbocycles. The van der Waals surface area contributed by atoms with Crippen LogP contribution in [0.2, 0.25) is 0 Å². The van der Waals surface area contributed by atoms with E-state index >= 15 is 0 Å². The van der Waals surface area contributed by atoms with E-state index < -0.39 is 24.7 Å². The van der Waals surface area contributed by atoms with Gasteiger partial charge in [-0.05, 0) is 151 Å². The quantitative estimate of drug-likeness (QED) is 0.0162. The molecule has 0 spiro atoms. The average Bonchev–Trinajstić information content (AvgIpc) is 3.44. The van der Waals surface area contributed by atoms with E-state index in [2.05, 4.69) is 41.2 Å². The number of hydrogen-bond donors (Lipinski definition) is 7. The van der Waals surface area contributed by atoms with Gasteiger partial charge in [0.25, 0.3) is 0 Å². The predicted molar refractivity (Wildman–Crippen MR) is 280 cm³/mol. The van der Waals surface area contributed by atoms with Gasteiger partial charge >= 0.3 is 33.9 Å². The van der Waals surface area contributed by atoms with Gasteiger partial charge in [-0.15, -0.1) is 0 Å². The maximum atomic E-state index is 11.5. The van der Waals surface area contributed by atoms with Gasteiger partial charge in [0, 0.05) is 45.0 Å². The van der Waals surface area contributed by atoms with Gasteiger partial charge in [0.05, 0.1) is 16.5 Å². The van der Waals surface area contributed by atoms with Crippen LogP contribution in [0.3, 0.4) is 0 Å². The minimum absolute atomic E-state index is 0.00803. The van der Waals surface area contributed by atoms with Crippen LogP contribution in [0.1, 0.15) is 89.5 Å². The number of nitrogens with one attached hydrogen (secondary N) is 4. The molecule has 7 N–H and O–H groups in total. The van der Waals surface area contributed by atoms with Crippen LogP contribution in [0.5, 0.6) is 0 Å². The molecule has 21 heteroatoms. The third-order valence-corrected chi connectivity index (χ3v) is 14.0. The average molecular weight is 1070 g/mol. The Balaban J connectivity index is 0.000000232. The predicted octanol–water partition coefficient (Wildman–Crippen LogP) is 9.43.